The Bertz CT molecular complexity index is 643. The largest absolute Gasteiger partial charge is 0.405 e. The summed E-state index contributed by atoms with van der Waals surface area (Å²) < 4.78 is 66.5. The third kappa shape index (κ3) is 5.30. The lowest BCUT2D eigenvalue weighted by atomic mass is 10.2. The molecule has 0 bridgehead atoms. The molecule has 1 aliphatic rings. The van der Waals surface area contributed by atoms with E-state index in [4.69, 9.17) is 0 Å². The molecule has 5 nitrogen and oxygen atoms in total. The van der Waals surface area contributed by atoms with Gasteiger partial charge in [-0.3, -0.25) is 4.90 Å². The Morgan fingerprint density at radius 1 is 1.33 bits per heavy atom. The zero-order valence-corrected chi connectivity index (χ0v) is 15.8. The summed E-state index contributed by atoms with van der Waals surface area (Å²) in [6.45, 7) is 4.12. The maximum Gasteiger partial charge on any atom is 0.405 e. The van der Waals surface area contributed by atoms with Gasteiger partial charge < -0.3 is 5.32 Å². The van der Waals surface area contributed by atoms with Crippen molar-refractivity contribution < 1.29 is 21.6 Å². The van der Waals surface area contributed by atoms with Crippen LogP contribution in [0.25, 0.3) is 0 Å². The molecule has 1 aliphatic heterocycles. The fourth-order valence-electron chi connectivity index (χ4n) is 2.59. The molecule has 0 aliphatic carbocycles. The average Bonchev–Trinajstić information content (AvgIpc) is 2.78. The van der Waals surface area contributed by atoms with Crippen LogP contribution in [-0.2, 0) is 10.0 Å². The summed E-state index contributed by atoms with van der Waals surface area (Å²) in [5, 5.41) is 2.98. The van der Waals surface area contributed by atoms with E-state index in [9.17, 15) is 21.6 Å². The summed E-state index contributed by atoms with van der Waals surface area (Å²) in [5.41, 5.74) is 0. The Balaban J connectivity index is 0.00000288. The van der Waals surface area contributed by atoms with Gasteiger partial charge in [0.05, 0.1) is 4.90 Å². The lowest BCUT2D eigenvalue weighted by molar-refractivity contribution is -0.182. The average molecular weight is 408 g/mol. The van der Waals surface area contributed by atoms with E-state index in [0.717, 1.165) is 4.88 Å². The van der Waals surface area contributed by atoms with E-state index in [1.54, 1.807) is 13.8 Å². The van der Waals surface area contributed by atoms with E-state index in [-0.39, 0.29) is 30.4 Å². The van der Waals surface area contributed by atoms with Gasteiger partial charge in [-0.05, 0) is 19.9 Å². The van der Waals surface area contributed by atoms with Gasteiger partial charge in [0.2, 0.25) is 10.0 Å². The van der Waals surface area contributed by atoms with Crippen molar-refractivity contribution in [2.45, 2.75) is 31.0 Å². The highest BCUT2D eigenvalue weighted by molar-refractivity contribution is 7.89. The van der Waals surface area contributed by atoms with Gasteiger partial charge in [-0.2, -0.15) is 13.2 Å². The van der Waals surface area contributed by atoms with Gasteiger partial charge in [-0.1, -0.05) is 0 Å². The third-order valence-corrected chi connectivity index (χ3v) is 6.37. The Labute approximate surface area is 150 Å². The highest BCUT2D eigenvalue weighted by Gasteiger charge is 2.44. The number of nitrogens with one attached hydrogen (secondary N) is 2. The minimum atomic E-state index is -4.49. The highest BCUT2D eigenvalue weighted by atomic mass is 35.5. The summed E-state index contributed by atoms with van der Waals surface area (Å²) >= 11 is 1.30. The maximum absolute atomic E-state index is 13.3. The number of rotatable bonds is 5. The second kappa shape index (κ2) is 8.33. The van der Waals surface area contributed by atoms with Gasteiger partial charge in [0, 0.05) is 42.5 Å². The van der Waals surface area contributed by atoms with E-state index in [1.165, 1.54) is 22.3 Å². The first-order valence-corrected chi connectivity index (χ1v) is 9.49. The first-order valence-electron chi connectivity index (χ1n) is 7.19. The van der Waals surface area contributed by atoms with Crippen LogP contribution in [0.3, 0.4) is 0 Å². The van der Waals surface area contributed by atoms with Crippen molar-refractivity contribution in [2.75, 3.05) is 32.7 Å². The smallest absolute Gasteiger partial charge is 0.314 e. The molecule has 1 aromatic rings. The van der Waals surface area contributed by atoms with Crippen LogP contribution in [0.5, 0.6) is 0 Å². The normalized spacial score (nSPS) is 18.2. The highest BCUT2D eigenvalue weighted by Crippen LogP contribution is 2.27. The molecule has 11 heteroatoms. The molecule has 0 amide bonds. The second-order valence-corrected chi connectivity index (χ2v) is 8.67. The number of hydrogen-bond donors (Lipinski definition) is 2. The summed E-state index contributed by atoms with van der Waals surface area (Å²) in [4.78, 5) is 2.70. The lowest BCUT2D eigenvalue weighted by Crippen LogP contribution is -2.57. The van der Waals surface area contributed by atoms with Gasteiger partial charge in [0.1, 0.15) is 6.04 Å². The van der Waals surface area contributed by atoms with Crippen LogP contribution < -0.4 is 10.0 Å². The quantitative estimate of drug-likeness (QED) is 0.782. The number of sulfonamides is 1. The van der Waals surface area contributed by atoms with Crippen molar-refractivity contribution in [2.24, 2.45) is 0 Å². The molecule has 2 N–H and O–H groups in total. The van der Waals surface area contributed by atoms with E-state index in [1.807, 2.05) is 0 Å². The lowest BCUT2D eigenvalue weighted by Gasteiger charge is -2.35. The number of aryl methyl sites for hydroxylation is 2. The summed E-state index contributed by atoms with van der Waals surface area (Å²) in [7, 11) is -3.95. The fraction of sp³-hybridized carbons (Fsp3) is 0.692. The molecule has 1 atom stereocenters. The number of piperazine rings is 1. The van der Waals surface area contributed by atoms with Crippen LogP contribution in [-0.4, -0.2) is 58.3 Å². The molecule has 0 radical (unpaired) electrons. The predicted octanol–water partition coefficient (Wildman–Crippen LogP) is 1.90. The van der Waals surface area contributed by atoms with Gasteiger partial charge in [-0.15, -0.1) is 23.7 Å². The van der Waals surface area contributed by atoms with E-state index >= 15 is 0 Å². The molecule has 0 aromatic carbocycles. The monoisotopic (exact) mass is 407 g/mol. The van der Waals surface area contributed by atoms with Crippen LogP contribution in [0.1, 0.15) is 9.75 Å². The minimum absolute atomic E-state index is 0. The van der Waals surface area contributed by atoms with E-state index in [0.29, 0.717) is 18.0 Å². The predicted molar refractivity (Wildman–Crippen MR) is 90.5 cm³/mol. The van der Waals surface area contributed by atoms with Crippen molar-refractivity contribution in [3.63, 3.8) is 0 Å². The molecule has 24 heavy (non-hydrogen) atoms. The van der Waals surface area contributed by atoms with Crippen LogP contribution in [0.15, 0.2) is 11.0 Å². The molecule has 0 spiro atoms. The fourth-order valence-corrected chi connectivity index (χ4v) is 5.18. The molecule has 2 heterocycles. The molecular weight excluding hydrogens is 387 g/mol. The van der Waals surface area contributed by atoms with Crippen LogP contribution in [0, 0.1) is 13.8 Å². The van der Waals surface area contributed by atoms with Crippen molar-refractivity contribution in [1.82, 2.24) is 14.9 Å². The van der Waals surface area contributed by atoms with Crippen molar-refractivity contribution >= 4 is 33.8 Å². The zero-order valence-electron chi connectivity index (χ0n) is 13.3. The first-order chi connectivity index (χ1) is 10.6. The molecule has 1 saturated heterocycles. The van der Waals surface area contributed by atoms with Gasteiger partial charge in [0.25, 0.3) is 0 Å². The van der Waals surface area contributed by atoms with Crippen molar-refractivity contribution in [3.05, 3.63) is 15.8 Å². The van der Waals surface area contributed by atoms with Gasteiger partial charge >= 0.3 is 6.18 Å². The molecule has 1 aromatic heterocycles. The summed E-state index contributed by atoms with van der Waals surface area (Å²) in [5.74, 6) is 0. The number of alkyl halides is 3. The topological polar surface area (TPSA) is 61.4 Å². The van der Waals surface area contributed by atoms with Crippen molar-refractivity contribution in [1.29, 1.82) is 0 Å². The van der Waals surface area contributed by atoms with E-state index in [2.05, 4.69) is 10.0 Å². The van der Waals surface area contributed by atoms with Crippen LogP contribution in [0.4, 0.5) is 13.2 Å². The van der Waals surface area contributed by atoms with Crippen LogP contribution in [0.2, 0.25) is 0 Å². The minimum Gasteiger partial charge on any atom is -0.314 e. The van der Waals surface area contributed by atoms with Crippen LogP contribution >= 0.6 is 23.7 Å². The Morgan fingerprint density at radius 3 is 2.38 bits per heavy atom. The molecule has 0 saturated carbocycles. The molecular formula is C13H21ClF3N3O2S2. The van der Waals surface area contributed by atoms with E-state index < -0.39 is 28.8 Å². The molecule has 140 valence electrons. The Kier molecular flexibility index (Phi) is 7.51. The summed E-state index contributed by atoms with van der Waals surface area (Å²) in [6.07, 6.45) is -4.49. The maximum atomic E-state index is 13.3. The van der Waals surface area contributed by atoms with Crippen molar-refractivity contribution in [3.8, 4) is 0 Å². The Hall–Kier alpha value is -0.390. The zero-order chi connectivity index (χ0) is 17.3. The van der Waals surface area contributed by atoms with Gasteiger partial charge in [-0.25, -0.2) is 13.1 Å². The van der Waals surface area contributed by atoms with Gasteiger partial charge in [0.15, 0.2) is 0 Å². The first kappa shape index (κ1) is 21.7. The number of thiophene rings is 1. The molecule has 2 rings (SSSR count). The summed E-state index contributed by atoms with van der Waals surface area (Å²) in [6, 6.07) is -0.338. The number of halogens is 4. The SMILES string of the molecule is Cc1cc(S(=O)(=O)NCC(N2CCNCC2)C(F)(F)F)c(C)s1.Cl. The standard InChI is InChI=1S/C13H20F3N3O2S2.ClH/c1-9-7-11(10(2)22-9)23(20,21)18-8-12(13(14,15)16)19-5-3-17-4-6-19;/h7,12,17-18H,3-6,8H2,1-2H3;1H. The molecule has 1 unspecified atom stereocenters. The number of nitrogens with zero attached hydrogens (tertiary/aromatic N) is 1. The second-order valence-electron chi connectivity index (χ2n) is 5.47. The number of hydrogen-bond acceptors (Lipinski definition) is 5. The Morgan fingerprint density at radius 2 is 1.92 bits per heavy atom. The third-order valence-electron chi connectivity index (χ3n) is 3.72. The molecule has 1 fully saturated rings.